The van der Waals surface area contributed by atoms with Gasteiger partial charge < -0.3 is 10.2 Å². The molecule has 1 aromatic carbocycles. The normalized spacial score (nSPS) is 15.8. The molecule has 2 rings (SSSR count). The number of nitrogens with one attached hydrogen (secondary N) is 1. The van der Waals surface area contributed by atoms with E-state index in [1.54, 1.807) is 7.05 Å². The SMILES string of the molecule is CN(C(=O)c1cc(Br)cc(S(C)(=O)=O)c1F)C1CCNCC1.Cl. The number of piperidine rings is 1. The van der Waals surface area contributed by atoms with Gasteiger partial charge in [-0.15, -0.1) is 12.4 Å². The quantitative estimate of drug-likeness (QED) is 0.800. The van der Waals surface area contributed by atoms with Crippen LogP contribution in [0.5, 0.6) is 0 Å². The minimum Gasteiger partial charge on any atom is -0.339 e. The average molecular weight is 430 g/mol. The van der Waals surface area contributed by atoms with Gasteiger partial charge in [0, 0.05) is 23.8 Å². The summed E-state index contributed by atoms with van der Waals surface area (Å²) < 4.78 is 38.1. The molecule has 1 aromatic rings. The van der Waals surface area contributed by atoms with Gasteiger partial charge in [-0.2, -0.15) is 0 Å². The average Bonchev–Trinajstić information content (AvgIpc) is 2.47. The molecule has 9 heteroatoms. The number of sulfone groups is 1. The van der Waals surface area contributed by atoms with Crippen molar-refractivity contribution in [3.05, 3.63) is 28.0 Å². The highest BCUT2D eigenvalue weighted by molar-refractivity contribution is 9.10. The van der Waals surface area contributed by atoms with Crippen molar-refractivity contribution in [3.63, 3.8) is 0 Å². The lowest BCUT2D eigenvalue weighted by molar-refractivity contribution is 0.0698. The number of halogens is 3. The lowest BCUT2D eigenvalue weighted by atomic mass is 10.0. The van der Waals surface area contributed by atoms with Gasteiger partial charge in [-0.25, -0.2) is 12.8 Å². The molecule has 1 heterocycles. The van der Waals surface area contributed by atoms with Gasteiger partial charge in [-0.3, -0.25) is 4.79 Å². The fourth-order valence-corrected chi connectivity index (χ4v) is 3.93. The third kappa shape index (κ3) is 4.65. The molecule has 1 fully saturated rings. The van der Waals surface area contributed by atoms with Crippen LogP contribution in [0, 0.1) is 5.82 Å². The Morgan fingerprint density at radius 2 is 1.91 bits per heavy atom. The Labute approximate surface area is 150 Å². The molecular formula is C14H19BrClFN2O3S. The highest BCUT2D eigenvalue weighted by Gasteiger charge is 2.28. The zero-order valence-electron chi connectivity index (χ0n) is 12.8. The highest BCUT2D eigenvalue weighted by Crippen LogP contribution is 2.26. The van der Waals surface area contributed by atoms with Crippen molar-refractivity contribution in [2.75, 3.05) is 26.4 Å². The standard InChI is InChI=1S/C14H18BrFN2O3S.ClH/c1-18(10-3-5-17-6-4-10)14(19)11-7-9(15)8-12(13(11)16)22(2,20)21;/h7-8,10,17H,3-6H2,1-2H3;1H. The van der Waals surface area contributed by atoms with Gasteiger partial charge >= 0.3 is 0 Å². The third-order valence-corrected chi connectivity index (χ3v) is 5.36. The summed E-state index contributed by atoms with van der Waals surface area (Å²) in [5.74, 6) is -1.49. The molecule has 1 saturated heterocycles. The molecule has 0 spiro atoms. The molecule has 130 valence electrons. The van der Waals surface area contributed by atoms with Gasteiger partial charge in [0.15, 0.2) is 15.7 Å². The first kappa shape index (κ1) is 20.3. The van der Waals surface area contributed by atoms with Gasteiger partial charge in [0.2, 0.25) is 0 Å². The Bertz CT molecular complexity index is 694. The van der Waals surface area contributed by atoms with E-state index in [1.165, 1.54) is 17.0 Å². The van der Waals surface area contributed by atoms with E-state index in [-0.39, 0.29) is 24.0 Å². The van der Waals surface area contributed by atoms with Crippen molar-refractivity contribution in [1.29, 1.82) is 0 Å². The first-order valence-electron chi connectivity index (χ1n) is 6.89. The Hall–Kier alpha value is -0.700. The van der Waals surface area contributed by atoms with Gasteiger partial charge in [0.05, 0.1) is 5.56 Å². The second kappa shape index (κ2) is 7.92. The Morgan fingerprint density at radius 1 is 1.35 bits per heavy atom. The predicted octanol–water partition coefficient (Wildman–Crippen LogP) is 2.24. The van der Waals surface area contributed by atoms with E-state index in [0.29, 0.717) is 4.47 Å². The molecule has 0 aromatic heterocycles. The molecule has 0 atom stereocenters. The molecular weight excluding hydrogens is 411 g/mol. The zero-order chi connectivity index (χ0) is 16.5. The summed E-state index contributed by atoms with van der Waals surface area (Å²) in [5, 5.41) is 3.20. The van der Waals surface area contributed by atoms with Crippen molar-refractivity contribution in [2.24, 2.45) is 0 Å². The molecule has 0 saturated carbocycles. The molecule has 5 nitrogen and oxygen atoms in total. The van der Waals surface area contributed by atoms with Crippen LogP contribution in [0.15, 0.2) is 21.5 Å². The molecule has 23 heavy (non-hydrogen) atoms. The van der Waals surface area contributed by atoms with Crippen LogP contribution in [0.3, 0.4) is 0 Å². The Morgan fingerprint density at radius 3 is 2.43 bits per heavy atom. The zero-order valence-corrected chi connectivity index (χ0v) is 16.0. The Balaban J connectivity index is 0.00000264. The van der Waals surface area contributed by atoms with E-state index in [0.717, 1.165) is 32.2 Å². The molecule has 0 bridgehead atoms. The van der Waals surface area contributed by atoms with E-state index >= 15 is 0 Å². The predicted molar refractivity (Wildman–Crippen MR) is 92.4 cm³/mol. The number of benzene rings is 1. The second-order valence-corrected chi connectivity index (χ2v) is 8.33. The number of carbonyl (C=O) groups excluding carboxylic acids is 1. The van der Waals surface area contributed by atoms with Crippen molar-refractivity contribution in [3.8, 4) is 0 Å². The maximum Gasteiger partial charge on any atom is 0.256 e. The number of hydrogen-bond donors (Lipinski definition) is 1. The topological polar surface area (TPSA) is 66.5 Å². The third-order valence-electron chi connectivity index (χ3n) is 3.81. The van der Waals surface area contributed by atoms with Crippen LogP contribution < -0.4 is 5.32 Å². The van der Waals surface area contributed by atoms with Crippen molar-refractivity contribution in [2.45, 2.75) is 23.8 Å². The van der Waals surface area contributed by atoms with E-state index in [1.807, 2.05) is 0 Å². The Kier molecular flexibility index (Phi) is 7.00. The first-order valence-corrected chi connectivity index (χ1v) is 9.57. The van der Waals surface area contributed by atoms with Crippen LogP contribution in [0.4, 0.5) is 4.39 Å². The number of rotatable bonds is 3. The molecule has 1 N–H and O–H groups in total. The largest absolute Gasteiger partial charge is 0.339 e. The summed E-state index contributed by atoms with van der Waals surface area (Å²) in [6, 6.07) is 2.52. The minimum absolute atomic E-state index is 0. The summed E-state index contributed by atoms with van der Waals surface area (Å²) in [7, 11) is -2.12. The van der Waals surface area contributed by atoms with Crippen LogP contribution in [-0.2, 0) is 9.84 Å². The molecule has 1 aliphatic rings. The molecule has 1 amide bonds. The molecule has 0 radical (unpaired) electrons. The van der Waals surface area contributed by atoms with Crippen LogP contribution in [0.2, 0.25) is 0 Å². The summed E-state index contributed by atoms with van der Waals surface area (Å²) in [6.07, 6.45) is 2.50. The fraction of sp³-hybridized carbons (Fsp3) is 0.500. The molecule has 1 aliphatic heterocycles. The summed E-state index contributed by atoms with van der Waals surface area (Å²) in [5.41, 5.74) is -0.226. The van der Waals surface area contributed by atoms with Crippen LogP contribution >= 0.6 is 28.3 Å². The maximum atomic E-state index is 14.5. The van der Waals surface area contributed by atoms with Crippen LogP contribution in [0.1, 0.15) is 23.2 Å². The van der Waals surface area contributed by atoms with Gasteiger partial charge in [0.1, 0.15) is 4.90 Å². The number of amides is 1. The van der Waals surface area contributed by atoms with Crippen molar-refractivity contribution >= 4 is 44.1 Å². The summed E-state index contributed by atoms with van der Waals surface area (Å²) >= 11 is 3.14. The summed E-state index contributed by atoms with van der Waals surface area (Å²) in [4.78, 5) is 13.6. The lowest BCUT2D eigenvalue weighted by Gasteiger charge is -2.31. The number of carbonyl (C=O) groups is 1. The minimum atomic E-state index is -3.75. The van der Waals surface area contributed by atoms with Crippen LogP contribution in [0.25, 0.3) is 0 Å². The number of nitrogens with zero attached hydrogens (tertiary/aromatic N) is 1. The highest BCUT2D eigenvalue weighted by atomic mass is 79.9. The maximum absolute atomic E-state index is 14.5. The van der Waals surface area contributed by atoms with Gasteiger partial charge in [0.25, 0.3) is 5.91 Å². The van der Waals surface area contributed by atoms with Gasteiger partial charge in [-0.05, 0) is 38.1 Å². The van der Waals surface area contributed by atoms with E-state index in [4.69, 9.17) is 0 Å². The summed E-state index contributed by atoms with van der Waals surface area (Å²) in [6.45, 7) is 1.61. The first-order chi connectivity index (χ1) is 10.2. The molecule has 0 aliphatic carbocycles. The van der Waals surface area contributed by atoms with E-state index in [2.05, 4.69) is 21.2 Å². The second-order valence-electron chi connectivity index (χ2n) is 5.43. The smallest absolute Gasteiger partial charge is 0.256 e. The van der Waals surface area contributed by atoms with Gasteiger partial charge in [-0.1, -0.05) is 15.9 Å². The number of hydrogen-bond acceptors (Lipinski definition) is 4. The monoisotopic (exact) mass is 428 g/mol. The van der Waals surface area contributed by atoms with Crippen molar-refractivity contribution < 1.29 is 17.6 Å². The van der Waals surface area contributed by atoms with Crippen LogP contribution in [-0.4, -0.2) is 51.7 Å². The fourth-order valence-electron chi connectivity index (χ4n) is 2.54. The molecule has 0 unspecified atom stereocenters. The van der Waals surface area contributed by atoms with E-state index < -0.39 is 26.5 Å². The van der Waals surface area contributed by atoms with E-state index in [9.17, 15) is 17.6 Å². The van der Waals surface area contributed by atoms with Crippen molar-refractivity contribution in [1.82, 2.24) is 10.2 Å². The lowest BCUT2D eigenvalue weighted by Crippen LogP contribution is -2.44.